The second kappa shape index (κ2) is 10.8. The summed E-state index contributed by atoms with van der Waals surface area (Å²) < 4.78 is 26.5. The average Bonchev–Trinajstić information content (AvgIpc) is 3.40. The van der Waals surface area contributed by atoms with Crippen molar-refractivity contribution >= 4 is 39.9 Å². The minimum atomic E-state index is -0.559. The van der Waals surface area contributed by atoms with E-state index in [9.17, 15) is 9.18 Å². The van der Waals surface area contributed by atoms with Crippen LogP contribution in [0.3, 0.4) is 0 Å². The number of likely N-dealkylation sites (tertiary alicyclic amines) is 2. The molecule has 0 aliphatic carbocycles. The van der Waals surface area contributed by atoms with Crippen LogP contribution < -0.4 is 14.8 Å². The molecule has 0 saturated carbocycles. The van der Waals surface area contributed by atoms with Gasteiger partial charge in [0, 0.05) is 18.0 Å². The standard InChI is InChI=1S/C26H29ClFN5O3/c1-35-22-13-21-18(26(30-16-29-21)31-20-8-4-7-19(27)25(20)28)12-23(22)36-17-6-5-11-33(14-17)24(34)15-32-9-2-3-10-32/h4,7-8,12-13,16-17H,2-3,5-6,9-11,14-15H2,1H3,(H,29,30,31). The normalized spacial score (nSPS) is 18.4. The molecule has 2 aromatic carbocycles. The fourth-order valence-electron chi connectivity index (χ4n) is 4.82. The minimum Gasteiger partial charge on any atom is -0.493 e. The zero-order valence-corrected chi connectivity index (χ0v) is 20.9. The zero-order valence-electron chi connectivity index (χ0n) is 20.2. The maximum atomic E-state index is 14.5. The number of piperidine rings is 1. The molecule has 1 atom stereocenters. The fourth-order valence-corrected chi connectivity index (χ4v) is 4.99. The third kappa shape index (κ3) is 5.32. The lowest BCUT2D eigenvalue weighted by Crippen LogP contribution is -2.47. The predicted molar refractivity (Wildman–Crippen MR) is 137 cm³/mol. The molecular formula is C26H29ClFN5O3. The lowest BCUT2D eigenvalue weighted by Gasteiger charge is -2.34. The van der Waals surface area contributed by atoms with E-state index in [2.05, 4.69) is 20.2 Å². The molecule has 8 nitrogen and oxygen atoms in total. The Morgan fingerprint density at radius 2 is 2.00 bits per heavy atom. The van der Waals surface area contributed by atoms with Gasteiger partial charge in [-0.05, 0) is 57.0 Å². The van der Waals surface area contributed by atoms with Crippen molar-refractivity contribution in [3.05, 3.63) is 47.5 Å². The van der Waals surface area contributed by atoms with E-state index in [-0.39, 0.29) is 22.7 Å². The summed E-state index contributed by atoms with van der Waals surface area (Å²) in [7, 11) is 1.57. The van der Waals surface area contributed by atoms with Crippen molar-refractivity contribution in [2.45, 2.75) is 31.8 Å². The summed E-state index contributed by atoms with van der Waals surface area (Å²) in [6.45, 7) is 3.72. The molecule has 3 aromatic rings. The molecule has 10 heteroatoms. The van der Waals surface area contributed by atoms with Gasteiger partial charge >= 0.3 is 0 Å². The lowest BCUT2D eigenvalue weighted by molar-refractivity contribution is -0.134. The number of hydrogen-bond donors (Lipinski definition) is 1. The summed E-state index contributed by atoms with van der Waals surface area (Å²) in [6.07, 6.45) is 5.25. The van der Waals surface area contributed by atoms with Crippen LogP contribution in [0.25, 0.3) is 10.9 Å². The van der Waals surface area contributed by atoms with E-state index < -0.39 is 5.82 Å². The molecule has 190 valence electrons. The molecule has 0 spiro atoms. The van der Waals surface area contributed by atoms with Crippen LogP contribution >= 0.6 is 11.6 Å². The van der Waals surface area contributed by atoms with E-state index in [0.29, 0.717) is 41.3 Å². The maximum absolute atomic E-state index is 14.5. The van der Waals surface area contributed by atoms with E-state index in [1.807, 2.05) is 4.90 Å². The molecule has 2 fully saturated rings. The molecule has 1 aromatic heterocycles. The van der Waals surface area contributed by atoms with Crippen molar-refractivity contribution in [2.75, 3.05) is 45.2 Å². The van der Waals surface area contributed by atoms with Crippen LogP contribution in [0, 0.1) is 5.82 Å². The highest BCUT2D eigenvalue weighted by atomic mass is 35.5. The summed E-state index contributed by atoms with van der Waals surface area (Å²) in [4.78, 5) is 25.6. The first-order valence-electron chi connectivity index (χ1n) is 12.2. The number of carbonyl (C=O) groups is 1. The summed E-state index contributed by atoms with van der Waals surface area (Å²) in [5.74, 6) is 1.06. The highest BCUT2D eigenvalue weighted by Crippen LogP contribution is 2.36. The fraction of sp³-hybridized carbons (Fsp3) is 0.423. The van der Waals surface area contributed by atoms with Crippen molar-refractivity contribution in [1.82, 2.24) is 19.8 Å². The summed E-state index contributed by atoms with van der Waals surface area (Å²) >= 11 is 5.94. The van der Waals surface area contributed by atoms with Crippen LogP contribution in [0.2, 0.25) is 5.02 Å². The third-order valence-electron chi connectivity index (χ3n) is 6.71. The van der Waals surface area contributed by atoms with Crippen LogP contribution in [0.5, 0.6) is 11.5 Å². The molecule has 2 aliphatic heterocycles. The third-order valence-corrected chi connectivity index (χ3v) is 7.00. The number of nitrogens with one attached hydrogen (secondary N) is 1. The number of fused-ring (bicyclic) bond motifs is 1. The topological polar surface area (TPSA) is 79.8 Å². The van der Waals surface area contributed by atoms with E-state index in [0.717, 1.165) is 45.3 Å². The molecule has 1 amide bonds. The lowest BCUT2D eigenvalue weighted by atomic mass is 10.1. The first-order valence-corrected chi connectivity index (χ1v) is 12.6. The van der Waals surface area contributed by atoms with Crippen LogP contribution in [0.4, 0.5) is 15.9 Å². The molecule has 36 heavy (non-hydrogen) atoms. The quantitative estimate of drug-likeness (QED) is 0.493. The van der Waals surface area contributed by atoms with Crippen molar-refractivity contribution in [2.24, 2.45) is 0 Å². The van der Waals surface area contributed by atoms with Gasteiger partial charge in [-0.3, -0.25) is 9.69 Å². The highest BCUT2D eigenvalue weighted by Gasteiger charge is 2.27. The molecule has 1 unspecified atom stereocenters. The van der Waals surface area contributed by atoms with Gasteiger partial charge in [0.1, 0.15) is 18.2 Å². The number of hydrogen-bond acceptors (Lipinski definition) is 7. The number of rotatable bonds is 7. The van der Waals surface area contributed by atoms with E-state index >= 15 is 0 Å². The zero-order chi connectivity index (χ0) is 25.1. The number of halogens is 2. The van der Waals surface area contributed by atoms with E-state index in [1.165, 1.54) is 12.4 Å². The van der Waals surface area contributed by atoms with Crippen molar-refractivity contribution in [3.8, 4) is 11.5 Å². The summed E-state index contributed by atoms with van der Waals surface area (Å²) in [5.41, 5.74) is 0.824. The number of nitrogens with zero attached hydrogens (tertiary/aromatic N) is 4. The van der Waals surface area contributed by atoms with E-state index in [4.69, 9.17) is 21.1 Å². The van der Waals surface area contributed by atoms with Gasteiger partial charge in [-0.25, -0.2) is 14.4 Å². The van der Waals surface area contributed by atoms with Crippen LogP contribution in [-0.4, -0.2) is 71.6 Å². The van der Waals surface area contributed by atoms with Crippen LogP contribution in [-0.2, 0) is 4.79 Å². The van der Waals surface area contributed by atoms with Gasteiger partial charge in [-0.1, -0.05) is 17.7 Å². The number of methoxy groups -OCH3 is 1. The van der Waals surface area contributed by atoms with Crippen molar-refractivity contribution in [3.63, 3.8) is 0 Å². The second-order valence-electron chi connectivity index (χ2n) is 9.17. The van der Waals surface area contributed by atoms with Gasteiger partial charge in [0.05, 0.1) is 36.4 Å². The Kier molecular flexibility index (Phi) is 7.38. The SMILES string of the molecule is COc1cc2ncnc(Nc3cccc(Cl)c3F)c2cc1OC1CCCN(C(=O)CN2CCCC2)C1. The molecule has 5 rings (SSSR count). The van der Waals surface area contributed by atoms with Gasteiger partial charge in [-0.15, -0.1) is 0 Å². The number of amides is 1. The predicted octanol–water partition coefficient (Wildman–Crippen LogP) is 4.64. The van der Waals surface area contributed by atoms with Crippen LogP contribution in [0.15, 0.2) is 36.7 Å². The molecule has 0 radical (unpaired) electrons. The Morgan fingerprint density at radius 3 is 2.81 bits per heavy atom. The number of aromatic nitrogens is 2. The molecule has 0 bridgehead atoms. The summed E-state index contributed by atoms with van der Waals surface area (Å²) in [5, 5.41) is 3.68. The van der Waals surface area contributed by atoms with Crippen molar-refractivity contribution < 1.29 is 18.7 Å². The molecule has 2 aliphatic rings. The Hall–Kier alpha value is -3.17. The van der Waals surface area contributed by atoms with Crippen LogP contribution in [0.1, 0.15) is 25.7 Å². The Bertz CT molecular complexity index is 1250. The van der Waals surface area contributed by atoms with Gasteiger partial charge in [0.15, 0.2) is 17.3 Å². The Balaban J connectivity index is 1.37. The number of carbonyl (C=O) groups excluding carboxylic acids is 1. The number of benzene rings is 2. The molecule has 1 N–H and O–H groups in total. The number of ether oxygens (including phenoxy) is 2. The van der Waals surface area contributed by atoms with Gasteiger partial charge < -0.3 is 19.7 Å². The average molecular weight is 514 g/mol. The van der Waals surface area contributed by atoms with Gasteiger partial charge in [0.25, 0.3) is 0 Å². The monoisotopic (exact) mass is 513 g/mol. The molecule has 2 saturated heterocycles. The first-order chi connectivity index (χ1) is 17.5. The van der Waals surface area contributed by atoms with Gasteiger partial charge in [0.2, 0.25) is 5.91 Å². The Morgan fingerprint density at radius 1 is 1.17 bits per heavy atom. The van der Waals surface area contributed by atoms with Crippen molar-refractivity contribution in [1.29, 1.82) is 0 Å². The Labute approximate surface area is 214 Å². The minimum absolute atomic E-state index is 0.0187. The highest BCUT2D eigenvalue weighted by molar-refractivity contribution is 6.31. The molecular weight excluding hydrogens is 485 g/mol. The molecule has 3 heterocycles. The first kappa shape index (κ1) is 24.5. The van der Waals surface area contributed by atoms with E-state index in [1.54, 1.807) is 31.4 Å². The number of anilines is 2. The maximum Gasteiger partial charge on any atom is 0.236 e. The largest absolute Gasteiger partial charge is 0.493 e. The second-order valence-corrected chi connectivity index (χ2v) is 9.58. The summed E-state index contributed by atoms with van der Waals surface area (Å²) in [6, 6.07) is 8.30. The smallest absolute Gasteiger partial charge is 0.236 e. The van der Waals surface area contributed by atoms with Gasteiger partial charge in [-0.2, -0.15) is 0 Å².